The SMILES string of the molecule is CCCC(=O)Oc1c(C)cc(Br)nc1[N+](=O)[O-]. The van der Waals surface area contributed by atoms with Crippen molar-refractivity contribution in [1.29, 1.82) is 0 Å². The number of aryl methyl sites for hydroxylation is 1. The fourth-order valence-electron chi connectivity index (χ4n) is 1.22. The number of nitrogens with zero attached hydrogens (tertiary/aromatic N) is 2. The lowest BCUT2D eigenvalue weighted by atomic mass is 10.2. The van der Waals surface area contributed by atoms with E-state index in [1.54, 1.807) is 13.0 Å². The zero-order chi connectivity index (χ0) is 13.0. The number of halogens is 1. The summed E-state index contributed by atoms with van der Waals surface area (Å²) in [5.41, 5.74) is 0.489. The van der Waals surface area contributed by atoms with Gasteiger partial charge in [0.05, 0.1) is 0 Å². The number of nitro groups is 1. The molecule has 0 aliphatic rings. The Hall–Kier alpha value is -1.50. The number of esters is 1. The summed E-state index contributed by atoms with van der Waals surface area (Å²) in [5.74, 6) is -1.04. The quantitative estimate of drug-likeness (QED) is 0.370. The standard InChI is InChI=1S/C10H11BrN2O4/c1-3-4-8(14)17-9-6(2)5-7(11)12-10(9)13(15)16/h5H,3-4H2,1-2H3. The Bertz CT molecular complexity index is 462. The number of carbonyl (C=O) groups is 1. The summed E-state index contributed by atoms with van der Waals surface area (Å²) in [6, 6.07) is 1.56. The molecule has 1 rings (SSSR count). The second kappa shape index (κ2) is 5.72. The maximum absolute atomic E-state index is 11.3. The van der Waals surface area contributed by atoms with Crippen LogP contribution in [0, 0.1) is 17.0 Å². The summed E-state index contributed by atoms with van der Waals surface area (Å²) in [7, 11) is 0. The smallest absolute Gasteiger partial charge is 0.408 e. The van der Waals surface area contributed by atoms with Crippen LogP contribution < -0.4 is 4.74 Å². The molecule has 0 unspecified atom stereocenters. The number of ether oxygens (including phenoxy) is 1. The van der Waals surface area contributed by atoms with Gasteiger partial charge in [-0.2, -0.15) is 0 Å². The van der Waals surface area contributed by atoms with Crippen LogP contribution in [0.25, 0.3) is 0 Å². The third kappa shape index (κ3) is 3.48. The predicted molar refractivity (Wildman–Crippen MR) is 63.9 cm³/mol. The second-order valence-electron chi connectivity index (χ2n) is 3.40. The van der Waals surface area contributed by atoms with Crippen molar-refractivity contribution in [3.05, 3.63) is 26.3 Å². The Morgan fingerprint density at radius 2 is 2.29 bits per heavy atom. The summed E-state index contributed by atoms with van der Waals surface area (Å²) in [6.07, 6.45) is 0.836. The van der Waals surface area contributed by atoms with Gasteiger partial charge in [0, 0.05) is 34.0 Å². The van der Waals surface area contributed by atoms with Gasteiger partial charge >= 0.3 is 11.8 Å². The fraction of sp³-hybridized carbons (Fsp3) is 0.400. The first-order valence-corrected chi connectivity index (χ1v) is 5.77. The largest absolute Gasteiger partial charge is 0.417 e. The first-order chi connectivity index (χ1) is 7.95. The van der Waals surface area contributed by atoms with Gasteiger partial charge in [0.2, 0.25) is 10.4 Å². The van der Waals surface area contributed by atoms with Gasteiger partial charge in [-0.1, -0.05) is 6.92 Å². The van der Waals surface area contributed by atoms with E-state index in [4.69, 9.17) is 4.74 Å². The molecule has 0 aromatic carbocycles. The molecule has 7 heteroatoms. The molecular weight excluding hydrogens is 292 g/mol. The Morgan fingerprint density at radius 3 is 2.82 bits per heavy atom. The van der Waals surface area contributed by atoms with Crippen molar-refractivity contribution >= 4 is 27.7 Å². The van der Waals surface area contributed by atoms with E-state index in [0.717, 1.165) is 0 Å². The predicted octanol–water partition coefficient (Wildman–Crippen LogP) is 2.77. The van der Waals surface area contributed by atoms with Crippen LogP contribution in [0.1, 0.15) is 25.3 Å². The average Bonchev–Trinajstić information content (AvgIpc) is 2.21. The van der Waals surface area contributed by atoms with E-state index >= 15 is 0 Å². The Morgan fingerprint density at radius 1 is 1.65 bits per heavy atom. The normalized spacial score (nSPS) is 10.1. The lowest BCUT2D eigenvalue weighted by Crippen LogP contribution is -2.10. The van der Waals surface area contributed by atoms with Gasteiger partial charge in [-0.25, -0.2) is 0 Å². The molecule has 1 heterocycles. The summed E-state index contributed by atoms with van der Waals surface area (Å²) in [6.45, 7) is 3.44. The van der Waals surface area contributed by atoms with Crippen molar-refractivity contribution in [2.75, 3.05) is 0 Å². The second-order valence-corrected chi connectivity index (χ2v) is 4.21. The third-order valence-corrected chi connectivity index (χ3v) is 2.36. The molecule has 0 spiro atoms. The molecule has 1 aromatic heterocycles. The van der Waals surface area contributed by atoms with Crippen molar-refractivity contribution in [2.45, 2.75) is 26.7 Å². The molecule has 17 heavy (non-hydrogen) atoms. The third-order valence-electron chi connectivity index (χ3n) is 1.95. The van der Waals surface area contributed by atoms with Crippen molar-refractivity contribution in [1.82, 2.24) is 4.98 Å². The molecule has 0 atom stereocenters. The minimum atomic E-state index is -0.674. The molecule has 0 fully saturated rings. The highest BCUT2D eigenvalue weighted by Crippen LogP contribution is 2.31. The zero-order valence-corrected chi connectivity index (χ0v) is 11.0. The first kappa shape index (κ1) is 13.6. The average molecular weight is 303 g/mol. The van der Waals surface area contributed by atoms with Crippen molar-refractivity contribution in [3.8, 4) is 5.75 Å². The van der Waals surface area contributed by atoms with Gasteiger partial charge in [0.25, 0.3) is 0 Å². The van der Waals surface area contributed by atoms with Crippen LogP contribution in [0.15, 0.2) is 10.7 Å². The molecule has 0 saturated heterocycles. The zero-order valence-electron chi connectivity index (χ0n) is 9.40. The van der Waals surface area contributed by atoms with Gasteiger partial charge in [-0.3, -0.25) is 4.79 Å². The summed E-state index contributed by atoms with van der Waals surface area (Å²) >= 11 is 3.06. The Labute approximate surface area is 106 Å². The molecule has 0 aliphatic heterocycles. The van der Waals surface area contributed by atoms with Crippen molar-refractivity contribution in [2.24, 2.45) is 0 Å². The number of hydrogen-bond acceptors (Lipinski definition) is 5. The van der Waals surface area contributed by atoms with Gasteiger partial charge in [0.1, 0.15) is 0 Å². The lowest BCUT2D eigenvalue weighted by molar-refractivity contribution is -0.390. The van der Waals surface area contributed by atoms with E-state index < -0.39 is 16.7 Å². The summed E-state index contributed by atoms with van der Waals surface area (Å²) in [5, 5.41) is 10.8. The fourth-order valence-corrected chi connectivity index (χ4v) is 1.73. The van der Waals surface area contributed by atoms with E-state index in [-0.39, 0.29) is 12.2 Å². The van der Waals surface area contributed by atoms with Crippen LogP contribution in [0.2, 0.25) is 0 Å². The van der Waals surface area contributed by atoms with Crippen LogP contribution in [0.5, 0.6) is 5.75 Å². The van der Waals surface area contributed by atoms with E-state index in [9.17, 15) is 14.9 Å². The number of rotatable bonds is 4. The first-order valence-electron chi connectivity index (χ1n) is 4.98. The van der Waals surface area contributed by atoms with Crippen LogP contribution in [-0.2, 0) is 4.79 Å². The number of pyridine rings is 1. The molecule has 0 aliphatic carbocycles. The number of hydrogen-bond donors (Lipinski definition) is 0. The van der Waals surface area contributed by atoms with Gasteiger partial charge < -0.3 is 14.9 Å². The Balaban J connectivity index is 3.12. The number of aromatic nitrogens is 1. The highest BCUT2D eigenvalue weighted by molar-refractivity contribution is 9.10. The monoisotopic (exact) mass is 302 g/mol. The van der Waals surface area contributed by atoms with Gasteiger partial charge in [0.15, 0.2) is 0 Å². The van der Waals surface area contributed by atoms with E-state index in [1.807, 2.05) is 6.92 Å². The molecule has 0 N–H and O–H groups in total. The molecule has 92 valence electrons. The topological polar surface area (TPSA) is 82.3 Å². The van der Waals surface area contributed by atoms with Gasteiger partial charge in [-0.15, -0.1) is 0 Å². The summed E-state index contributed by atoms with van der Waals surface area (Å²) < 4.78 is 5.30. The van der Waals surface area contributed by atoms with Crippen LogP contribution in [0.3, 0.4) is 0 Å². The minimum absolute atomic E-state index is 0.0864. The number of carbonyl (C=O) groups excluding carboxylic acids is 1. The van der Waals surface area contributed by atoms with E-state index in [1.165, 1.54) is 0 Å². The molecule has 6 nitrogen and oxygen atoms in total. The van der Waals surface area contributed by atoms with Gasteiger partial charge in [-0.05, 0) is 23.3 Å². The highest BCUT2D eigenvalue weighted by Gasteiger charge is 2.23. The maximum Gasteiger partial charge on any atom is 0.408 e. The molecule has 0 saturated carbocycles. The van der Waals surface area contributed by atoms with Crippen LogP contribution in [0.4, 0.5) is 5.82 Å². The van der Waals surface area contributed by atoms with Crippen LogP contribution in [-0.4, -0.2) is 15.9 Å². The minimum Gasteiger partial charge on any atom is -0.417 e. The molecule has 0 radical (unpaired) electrons. The molecule has 1 aromatic rings. The lowest BCUT2D eigenvalue weighted by Gasteiger charge is -2.06. The Kier molecular flexibility index (Phi) is 4.56. The maximum atomic E-state index is 11.3. The van der Waals surface area contributed by atoms with E-state index in [2.05, 4.69) is 20.9 Å². The van der Waals surface area contributed by atoms with E-state index in [0.29, 0.717) is 16.6 Å². The molecular formula is C10H11BrN2O4. The van der Waals surface area contributed by atoms with Crippen molar-refractivity contribution < 1.29 is 14.5 Å². The highest BCUT2D eigenvalue weighted by atomic mass is 79.9. The van der Waals surface area contributed by atoms with Crippen LogP contribution >= 0.6 is 15.9 Å². The molecule has 0 amide bonds. The van der Waals surface area contributed by atoms with Crippen molar-refractivity contribution in [3.63, 3.8) is 0 Å². The summed E-state index contributed by atoms with van der Waals surface area (Å²) in [4.78, 5) is 25.1. The molecule has 0 bridgehead atoms.